The second-order valence-electron chi connectivity index (χ2n) is 12.7. The number of hydrogen-bond donors (Lipinski definition) is 4. The van der Waals surface area contributed by atoms with Crippen molar-refractivity contribution in [3.05, 3.63) is 155 Å². The largest absolute Gasteiger partial charge is 0.392 e. The predicted octanol–water partition coefficient (Wildman–Crippen LogP) is 8.39. The van der Waals surface area contributed by atoms with Gasteiger partial charge in [0.1, 0.15) is 0 Å². The van der Waals surface area contributed by atoms with E-state index in [0.717, 1.165) is 55.3 Å². The fourth-order valence-corrected chi connectivity index (χ4v) is 7.11. The number of aliphatic hydroxyl groups excluding tert-OH is 1. The van der Waals surface area contributed by atoms with Crippen LogP contribution in [0, 0.1) is 5.92 Å². The first-order valence-corrected chi connectivity index (χ1v) is 18.1. The summed E-state index contributed by atoms with van der Waals surface area (Å²) in [7, 11) is 0. The summed E-state index contributed by atoms with van der Waals surface area (Å²) < 4.78 is 13.3. The molecule has 1 saturated heterocycles. The van der Waals surface area contributed by atoms with E-state index < -0.39 is 6.29 Å². The van der Waals surface area contributed by atoms with Gasteiger partial charge in [-0.15, -0.1) is 11.8 Å². The second-order valence-corrected chi connectivity index (χ2v) is 13.8. The number of urea groups is 1. The van der Waals surface area contributed by atoms with E-state index >= 15 is 0 Å². The van der Waals surface area contributed by atoms with Crippen molar-refractivity contribution in [2.45, 2.75) is 56.9 Å². The number of hydrogen-bond acceptors (Lipinski definition) is 6. The summed E-state index contributed by atoms with van der Waals surface area (Å²) in [4.78, 5) is 24.9. The number of aliphatic hydroxyl groups is 1. The molecule has 1 aliphatic rings. The molecule has 5 aromatic rings. The van der Waals surface area contributed by atoms with E-state index in [0.29, 0.717) is 13.1 Å². The summed E-state index contributed by atoms with van der Waals surface area (Å²) in [6, 6.07) is 41.8. The molecule has 4 atom stereocenters. The highest BCUT2D eigenvalue weighted by Crippen LogP contribution is 2.43. The quantitative estimate of drug-likeness (QED) is 0.0974. The van der Waals surface area contributed by atoms with Crippen molar-refractivity contribution in [3.63, 3.8) is 0 Å². The highest BCUT2D eigenvalue weighted by Gasteiger charge is 2.38. The van der Waals surface area contributed by atoms with E-state index in [9.17, 15) is 14.7 Å². The van der Waals surface area contributed by atoms with Crippen molar-refractivity contribution in [2.75, 3.05) is 11.1 Å². The maximum absolute atomic E-state index is 12.4. The maximum atomic E-state index is 12.4. The third kappa shape index (κ3) is 9.86. The number of carbonyl (C=O) groups is 2. The summed E-state index contributed by atoms with van der Waals surface area (Å²) in [6.07, 6.45) is -0.895. The molecule has 0 unspecified atom stereocenters. The van der Waals surface area contributed by atoms with Crippen LogP contribution in [-0.4, -0.2) is 28.9 Å². The van der Waals surface area contributed by atoms with Gasteiger partial charge in [-0.2, -0.15) is 0 Å². The molecule has 5 aromatic carbocycles. The molecule has 9 heteroatoms. The first-order chi connectivity index (χ1) is 24.8. The van der Waals surface area contributed by atoms with Crippen molar-refractivity contribution < 1.29 is 24.2 Å². The Morgan fingerprint density at radius 2 is 1.37 bits per heavy atom. The fraction of sp³-hybridized carbons (Fsp3) is 0.238. The lowest BCUT2D eigenvalue weighted by Gasteiger charge is -2.41. The first-order valence-electron chi connectivity index (χ1n) is 17.1. The molecule has 3 amide bonds. The lowest BCUT2D eigenvalue weighted by atomic mass is 9.91. The summed E-state index contributed by atoms with van der Waals surface area (Å²) in [5.74, 6) is 0.678. The van der Waals surface area contributed by atoms with Gasteiger partial charge >= 0.3 is 6.03 Å². The number of amides is 3. The molecule has 1 fully saturated rings. The van der Waals surface area contributed by atoms with Crippen molar-refractivity contribution in [1.82, 2.24) is 10.6 Å². The van der Waals surface area contributed by atoms with Gasteiger partial charge in [-0.05, 0) is 63.7 Å². The van der Waals surface area contributed by atoms with Gasteiger partial charge < -0.3 is 30.5 Å². The third-order valence-corrected chi connectivity index (χ3v) is 10.0. The van der Waals surface area contributed by atoms with Crippen molar-refractivity contribution >= 4 is 29.4 Å². The topological polar surface area (TPSA) is 109 Å². The molecular weight excluding hydrogens is 659 g/mol. The molecule has 0 saturated carbocycles. The number of thioether (sulfide) groups is 1. The molecule has 4 N–H and O–H groups in total. The van der Waals surface area contributed by atoms with Crippen LogP contribution in [0.4, 0.5) is 10.5 Å². The zero-order chi connectivity index (χ0) is 35.6. The van der Waals surface area contributed by atoms with Gasteiger partial charge in [-0.25, -0.2) is 4.79 Å². The van der Waals surface area contributed by atoms with Gasteiger partial charge in [0.05, 0.1) is 18.8 Å². The fourth-order valence-electron chi connectivity index (χ4n) is 6.04. The van der Waals surface area contributed by atoms with Gasteiger partial charge in [0, 0.05) is 47.8 Å². The Bertz CT molecular complexity index is 1890. The van der Waals surface area contributed by atoms with E-state index in [1.54, 1.807) is 11.8 Å². The van der Waals surface area contributed by atoms with Crippen molar-refractivity contribution in [1.29, 1.82) is 0 Å². The van der Waals surface area contributed by atoms with E-state index in [-0.39, 0.29) is 36.7 Å². The van der Waals surface area contributed by atoms with Crippen molar-refractivity contribution in [2.24, 2.45) is 5.92 Å². The lowest BCUT2D eigenvalue weighted by molar-refractivity contribution is -0.268. The molecule has 6 rings (SSSR count). The number of nitrogens with one attached hydrogen (secondary N) is 3. The van der Waals surface area contributed by atoms with Gasteiger partial charge in [0.2, 0.25) is 5.91 Å². The Morgan fingerprint density at radius 1 is 0.706 bits per heavy atom. The molecule has 0 bridgehead atoms. The van der Waals surface area contributed by atoms with Crippen LogP contribution in [-0.2, 0) is 34.0 Å². The minimum Gasteiger partial charge on any atom is -0.392 e. The van der Waals surface area contributed by atoms with Crippen LogP contribution in [0.5, 0.6) is 0 Å². The predicted molar refractivity (Wildman–Crippen MR) is 202 cm³/mol. The van der Waals surface area contributed by atoms with Crippen LogP contribution in [0.2, 0.25) is 0 Å². The van der Waals surface area contributed by atoms with Crippen LogP contribution in [0.25, 0.3) is 11.1 Å². The molecule has 1 aliphatic heterocycles. The lowest BCUT2D eigenvalue weighted by Crippen LogP contribution is -2.38. The first kappa shape index (κ1) is 35.9. The molecule has 0 spiro atoms. The highest BCUT2D eigenvalue weighted by molar-refractivity contribution is 7.99. The van der Waals surface area contributed by atoms with Gasteiger partial charge in [0.25, 0.3) is 0 Å². The van der Waals surface area contributed by atoms with Gasteiger partial charge in [0.15, 0.2) is 6.29 Å². The molecule has 51 heavy (non-hydrogen) atoms. The molecule has 262 valence electrons. The number of benzene rings is 5. The van der Waals surface area contributed by atoms with Crippen LogP contribution >= 0.6 is 11.8 Å². The monoisotopic (exact) mass is 701 g/mol. The molecule has 0 aliphatic carbocycles. The Kier molecular flexibility index (Phi) is 12.2. The maximum Gasteiger partial charge on any atom is 0.315 e. The molecule has 1 heterocycles. The van der Waals surface area contributed by atoms with E-state index in [1.165, 1.54) is 6.92 Å². The van der Waals surface area contributed by atoms with Crippen LogP contribution < -0.4 is 16.0 Å². The van der Waals surface area contributed by atoms with E-state index in [1.807, 2.05) is 91.0 Å². The Balaban J connectivity index is 1.13. The zero-order valence-corrected chi connectivity index (χ0v) is 29.6. The number of carbonyl (C=O) groups excluding carboxylic acids is 2. The standard InChI is InChI=1S/C42H43N3O5S/c1-28-39(27-51-38-21-19-37(20-22-38)45-29(2)47)49-41(50-40(28)34-13-11-31(26-46)12-14-34)35-17-15-33(16-18-35)36-10-6-9-32(23-36)25-44-42(48)43-24-30-7-4-3-5-8-30/h3-23,28,39-41,46H,24-27H2,1-2H3,(H,45,47)(H2,43,44,48)/t28-,39+,40+,41+/m0/s1. The number of ether oxygens (including phenoxy) is 2. The summed E-state index contributed by atoms with van der Waals surface area (Å²) >= 11 is 1.71. The van der Waals surface area contributed by atoms with E-state index in [2.05, 4.69) is 59.3 Å². The average Bonchev–Trinajstić information content (AvgIpc) is 3.17. The Labute approximate surface area is 303 Å². The molecule has 0 radical (unpaired) electrons. The highest BCUT2D eigenvalue weighted by atomic mass is 32.2. The molecule has 0 aromatic heterocycles. The normalized spacial score (nSPS) is 18.5. The SMILES string of the molecule is CC(=O)Nc1ccc(SC[C@H]2O[C@@H](c3ccc(-c4cccc(CNC(=O)NCc5ccccc5)c4)cc3)O[C@@H](c3ccc(CO)cc3)[C@H]2C)cc1. The smallest absolute Gasteiger partial charge is 0.315 e. The number of anilines is 1. The Hall–Kier alpha value is -4.93. The van der Waals surface area contributed by atoms with Gasteiger partial charge in [-0.1, -0.05) is 104 Å². The number of rotatable bonds is 12. The molecular formula is C42H43N3O5S. The van der Waals surface area contributed by atoms with E-state index in [4.69, 9.17) is 9.47 Å². The Morgan fingerprint density at radius 3 is 2.06 bits per heavy atom. The summed E-state index contributed by atoms with van der Waals surface area (Å²) in [5, 5.41) is 18.3. The van der Waals surface area contributed by atoms with Crippen LogP contribution in [0.1, 0.15) is 54.1 Å². The molecule has 8 nitrogen and oxygen atoms in total. The minimum absolute atomic E-state index is 0.0110. The van der Waals surface area contributed by atoms with Crippen LogP contribution in [0.15, 0.2) is 132 Å². The zero-order valence-electron chi connectivity index (χ0n) is 28.8. The third-order valence-electron chi connectivity index (χ3n) is 8.90. The second kappa shape index (κ2) is 17.3. The van der Waals surface area contributed by atoms with Gasteiger partial charge in [-0.3, -0.25) is 4.79 Å². The minimum atomic E-state index is -0.574. The average molecular weight is 702 g/mol. The summed E-state index contributed by atoms with van der Waals surface area (Å²) in [5.41, 5.74) is 7.72. The van der Waals surface area contributed by atoms with Crippen LogP contribution in [0.3, 0.4) is 0 Å². The van der Waals surface area contributed by atoms with Crippen molar-refractivity contribution in [3.8, 4) is 11.1 Å². The summed E-state index contributed by atoms with van der Waals surface area (Å²) in [6.45, 7) is 4.52.